The van der Waals surface area contributed by atoms with E-state index >= 15 is 0 Å². The number of nitrogens with zero attached hydrogens (tertiary/aromatic N) is 1. The topological polar surface area (TPSA) is 21.7 Å². The molecule has 1 aromatic carbocycles. The Morgan fingerprint density at radius 2 is 1.88 bits per heavy atom. The van der Waals surface area contributed by atoms with Crippen LogP contribution in [0.5, 0.6) is 5.75 Å². The Hall–Kier alpha value is -1.22. The maximum Gasteiger partial charge on any atom is 0.142 e. The van der Waals surface area contributed by atoms with Crippen LogP contribution in [0.3, 0.4) is 0 Å². The minimum absolute atomic E-state index is 0.624. The number of rotatable bonds is 6. The van der Waals surface area contributed by atoms with Gasteiger partial charge in [0.1, 0.15) is 12.4 Å². The highest BCUT2D eigenvalue weighted by Gasteiger charge is 2.15. The highest BCUT2D eigenvalue weighted by atomic mass is 16.5. The quantitative estimate of drug-likeness (QED) is 0.708. The van der Waals surface area contributed by atoms with Gasteiger partial charge in [0.05, 0.1) is 12.3 Å². The van der Waals surface area contributed by atoms with E-state index in [2.05, 4.69) is 17.0 Å². The lowest BCUT2D eigenvalue weighted by Crippen LogP contribution is -2.19. The zero-order chi connectivity index (χ0) is 11.9. The van der Waals surface area contributed by atoms with Gasteiger partial charge in [-0.3, -0.25) is 0 Å². The van der Waals surface area contributed by atoms with Crippen molar-refractivity contribution in [1.82, 2.24) is 0 Å². The van der Waals surface area contributed by atoms with E-state index in [1.54, 1.807) is 0 Å². The SMILES string of the molecule is CCOCCOc1ccccc1N1CCCC1. The summed E-state index contributed by atoms with van der Waals surface area (Å²) in [4.78, 5) is 2.40. The molecule has 0 saturated carbocycles. The largest absolute Gasteiger partial charge is 0.489 e. The van der Waals surface area contributed by atoms with Gasteiger partial charge in [-0.05, 0) is 31.9 Å². The first kappa shape index (κ1) is 12.2. The van der Waals surface area contributed by atoms with Crippen LogP contribution in [-0.2, 0) is 4.74 Å². The smallest absolute Gasteiger partial charge is 0.142 e. The molecule has 1 aromatic rings. The Kier molecular flexibility index (Phi) is 4.68. The van der Waals surface area contributed by atoms with Crippen LogP contribution in [0.25, 0.3) is 0 Å². The Bertz CT molecular complexity index is 335. The zero-order valence-corrected chi connectivity index (χ0v) is 10.5. The van der Waals surface area contributed by atoms with E-state index in [4.69, 9.17) is 9.47 Å². The molecule has 0 N–H and O–H groups in total. The summed E-state index contributed by atoms with van der Waals surface area (Å²) in [5.41, 5.74) is 1.22. The summed E-state index contributed by atoms with van der Waals surface area (Å²) in [7, 11) is 0. The van der Waals surface area contributed by atoms with Gasteiger partial charge >= 0.3 is 0 Å². The van der Waals surface area contributed by atoms with Crippen molar-refractivity contribution in [3.05, 3.63) is 24.3 Å². The first-order valence-corrected chi connectivity index (χ1v) is 6.46. The van der Waals surface area contributed by atoms with Gasteiger partial charge in [-0.25, -0.2) is 0 Å². The third-order valence-electron chi connectivity index (χ3n) is 3.00. The summed E-state index contributed by atoms with van der Waals surface area (Å²) < 4.78 is 11.1. The molecule has 1 aliphatic heterocycles. The van der Waals surface area contributed by atoms with Gasteiger partial charge in [0.25, 0.3) is 0 Å². The maximum atomic E-state index is 5.78. The molecule has 2 rings (SSSR count). The predicted octanol–water partition coefficient (Wildman–Crippen LogP) is 2.70. The predicted molar refractivity (Wildman–Crippen MR) is 69.9 cm³/mol. The number of anilines is 1. The number of para-hydroxylation sites is 2. The van der Waals surface area contributed by atoms with Gasteiger partial charge in [-0.2, -0.15) is 0 Å². The molecule has 0 aliphatic carbocycles. The number of hydrogen-bond acceptors (Lipinski definition) is 3. The lowest BCUT2D eigenvalue weighted by molar-refractivity contribution is 0.110. The van der Waals surface area contributed by atoms with Crippen molar-refractivity contribution >= 4 is 5.69 Å². The van der Waals surface area contributed by atoms with Crippen molar-refractivity contribution in [2.75, 3.05) is 37.8 Å². The molecule has 3 nitrogen and oxygen atoms in total. The van der Waals surface area contributed by atoms with Gasteiger partial charge < -0.3 is 14.4 Å². The van der Waals surface area contributed by atoms with E-state index in [0.717, 1.165) is 25.4 Å². The third-order valence-corrected chi connectivity index (χ3v) is 3.00. The fraction of sp³-hybridized carbons (Fsp3) is 0.571. The van der Waals surface area contributed by atoms with E-state index in [-0.39, 0.29) is 0 Å². The van der Waals surface area contributed by atoms with Crippen LogP contribution in [0, 0.1) is 0 Å². The molecule has 0 unspecified atom stereocenters. The summed E-state index contributed by atoms with van der Waals surface area (Å²) in [6, 6.07) is 8.28. The summed E-state index contributed by atoms with van der Waals surface area (Å²) in [5, 5.41) is 0. The fourth-order valence-corrected chi connectivity index (χ4v) is 2.15. The van der Waals surface area contributed by atoms with E-state index < -0.39 is 0 Å². The van der Waals surface area contributed by atoms with Gasteiger partial charge in [-0.15, -0.1) is 0 Å². The highest BCUT2D eigenvalue weighted by Crippen LogP contribution is 2.30. The fourth-order valence-electron chi connectivity index (χ4n) is 2.15. The van der Waals surface area contributed by atoms with Crippen LogP contribution < -0.4 is 9.64 Å². The number of ether oxygens (including phenoxy) is 2. The first-order valence-electron chi connectivity index (χ1n) is 6.46. The lowest BCUT2D eigenvalue weighted by Gasteiger charge is -2.21. The zero-order valence-electron chi connectivity index (χ0n) is 10.5. The Balaban J connectivity index is 1.95. The maximum absolute atomic E-state index is 5.78. The summed E-state index contributed by atoms with van der Waals surface area (Å²) in [6.07, 6.45) is 2.57. The second kappa shape index (κ2) is 6.50. The van der Waals surface area contributed by atoms with E-state index in [1.165, 1.54) is 18.5 Å². The normalized spacial score (nSPS) is 15.2. The van der Waals surface area contributed by atoms with Crippen LogP contribution in [0.2, 0.25) is 0 Å². The molecule has 0 spiro atoms. The molecular weight excluding hydrogens is 214 g/mol. The standard InChI is InChI=1S/C14H21NO2/c1-2-16-11-12-17-14-8-4-3-7-13(14)15-9-5-6-10-15/h3-4,7-8H,2,5-6,9-12H2,1H3. The summed E-state index contributed by atoms with van der Waals surface area (Å²) >= 11 is 0. The number of hydrogen-bond donors (Lipinski definition) is 0. The van der Waals surface area contributed by atoms with Crippen molar-refractivity contribution in [2.45, 2.75) is 19.8 Å². The average Bonchev–Trinajstić information content (AvgIpc) is 2.89. The molecule has 0 amide bonds. The molecule has 94 valence electrons. The number of benzene rings is 1. The lowest BCUT2D eigenvalue weighted by atomic mass is 10.2. The first-order chi connectivity index (χ1) is 8.42. The van der Waals surface area contributed by atoms with Crippen LogP contribution >= 0.6 is 0 Å². The van der Waals surface area contributed by atoms with Gasteiger partial charge in [0.15, 0.2) is 0 Å². The molecule has 1 aliphatic rings. The molecule has 3 heteroatoms. The molecule has 0 atom stereocenters. The van der Waals surface area contributed by atoms with E-state index in [1.807, 2.05) is 19.1 Å². The minimum Gasteiger partial charge on any atom is -0.489 e. The summed E-state index contributed by atoms with van der Waals surface area (Å²) in [5.74, 6) is 0.981. The van der Waals surface area contributed by atoms with Crippen molar-refractivity contribution in [3.63, 3.8) is 0 Å². The average molecular weight is 235 g/mol. The van der Waals surface area contributed by atoms with Gasteiger partial charge in [0, 0.05) is 19.7 Å². The Morgan fingerprint density at radius 1 is 1.12 bits per heavy atom. The van der Waals surface area contributed by atoms with Crippen LogP contribution in [0.15, 0.2) is 24.3 Å². The van der Waals surface area contributed by atoms with Crippen LogP contribution in [0.4, 0.5) is 5.69 Å². The van der Waals surface area contributed by atoms with Crippen molar-refractivity contribution in [2.24, 2.45) is 0 Å². The summed E-state index contributed by atoms with van der Waals surface area (Å²) in [6.45, 7) is 6.32. The molecule has 0 aromatic heterocycles. The molecule has 0 radical (unpaired) electrons. The van der Waals surface area contributed by atoms with E-state index in [9.17, 15) is 0 Å². The molecule has 1 fully saturated rings. The van der Waals surface area contributed by atoms with Gasteiger partial charge in [0.2, 0.25) is 0 Å². The third kappa shape index (κ3) is 3.37. The minimum atomic E-state index is 0.624. The monoisotopic (exact) mass is 235 g/mol. The second-order valence-electron chi connectivity index (χ2n) is 4.21. The Labute approximate surface area is 103 Å². The van der Waals surface area contributed by atoms with E-state index in [0.29, 0.717) is 13.2 Å². The van der Waals surface area contributed by atoms with Crippen molar-refractivity contribution in [3.8, 4) is 5.75 Å². The highest BCUT2D eigenvalue weighted by molar-refractivity contribution is 5.58. The second-order valence-corrected chi connectivity index (χ2v) is 4.21. The Morgan fingerprint density at radius 3 is 2.65 bits per heavy atom. The van der Waals surface area contributed by atoms with Crippen LogP contribution in [-0.4, -0.2) is 32.9 Å². The van der Waals surface area contributed by atoms with Crippen molar-refractivity contribution in [1.29, 1.82) is 0 Å². The molecule has 17 heavy (non-hydrogen) atoms. The molecular formula is C14H21NO2. The molecule has 1 heterocycles. The van der Waals surface area contributed by atoms with Gasteiger partial charge in [-0.1, -0.05) is 12.1 Å². The van der Waals surface area contributed by atoms with Crippen molar-refractivity contribution < 1.29 is 9.47 Å². The molecule has 0 bridgehead atoms. The van der Waals surface area contributed by atoms with Crippen LogP contribution in [0.1, 0.15) is 19.8 Å². The molecule has 1 saturated heterocycles.